The number of thioether (sulfide) groups is 1. The van der Waals surface area contributed by atoms with Crippen LogP contribution in [0.15, 0.2) is 144 Å². The van der Waals surface area contributed by atoms with E-state index in [2.05, 4.69) is 16.9 Å². The van der Waals surface area contributed by atoms with Crippen molar-refractivity contribution in [1.29, 1.82) is 0 Å². The molecule has 0 fully saturated rings. The molecular formula is C42H38ClN3O5S. The topological polar surface area (TPSA) is 97.3 Å². The van der Waals surface area contributed by atoms with E-state index in [0.717, 1.165) is 34.0 Å². The Morgan fingerprint density at radius 2 is 1.65 bits per heavy atom. The maximum absolute atomic E-state index is 14.1. The average Bonchev–Trinajstić information content (AvgIpc) is 3.16. The monoisotopic (exact) mass is 731 g/mol. The smallest absolute Gasteiger partial charge is 0.285 e. The quantitative estimate of drug-likeness (QED) is 0.0841. The Morgan fingerprint density at radius 3 is 2.25 bits per heavy atom. The molecule has 8 nitrogen and oxygen atoms in total. The fourth-order valence-electron chi connectivity index (χ4n) is 5.36. The molecule has 3 amide bonds. The summed E-state index contributed by atoms with van der Waals surface area (Å²) in [4.78, 5) is 46.7. The number of carbonyl (C=O) groups is 3. The number of halogens is 1. The largest absolute Gasteiger partial charge is 0.493 e. The Labute approximate surface area is 313 Å². The normalized spacial score (nSPS) is 14.2. The van der Waals surface area contributed by atoms with Crippen LogP contribution < -0.4 is 14.8 Å². The molecule has 0 spiro atoms. The molecule has 0 aliphatic carbocycles. The molecule has 4 aromatic rings. The molecule has 0 unspecified atom stereocenters. The zero-order valence-electron chi connectivity index (χ0n) is 29.0. The van der Waals surface area contributed by atoms with Crippen LogP contribution in [0, 0.1) is 6.92 Å². The third-order valence-corrected chi connectivity index (χ3v) is 9.20. The first kappa shape index (κ1) is 37.6. The number of carbonyl (C=O) groups excluding carboxylic acids is 3. The molecule has 4 aromatic carbocycles. The third kappa shape index (κ3) is 9.37. The van der Waals surface area contributed by atoms with Crippen molar-refractivity contribution < 1.29 is 23.9 Å². The molecule has 1 aliphatic rings. The summed E-state index contributed by atoms with van der Waals surface area (Å²) < 4.78 is 11.6. The zero-order chi connectivity index (χ0) is 37.0. The first-order chi connectivity index (χ1) is 25.2. The van der Waals surface area contributed by atoms with E-state index in [1.807, 2.05) is 91.9 Å². The van der Waals surface area contributed by atoms with Crippen molar-refractivity contribution in [3.8, 4) is 11.5 Å². The fourth-order valence-corrected chi connectivity index (χ4v) is 6.44. The molecule has 52 heavy (non-hydrogen) atoms. The van der Waals surface area contributed by atoms with Gasteiger partial charge in [0.1, 0.15) is 12.2 Å². The van der Waals surface area contributed by atoms with Crippen molar-refractivity contribution >= 4 is 52.3 Å². The van der Waals surface area contributed by atoms with Crippen molar-refractivity contribution in [3.05, 3.63) is 172 Å². The number of aliphatic imine (C=N–C) groups is 1. The van der Waals surface area contributed by atoms with Gasteiger partial charge in [0.15, 0.2) is 16.7 Å². The molecule has 0 saturated carbocycles. The molecule has 10 heteroatoms. The number of hydrogen-bond acceptors (Lipinski definition) is 6. The third-order valence-electron chi connectivity index (χ3n) is 7.98. The Kier molecular flexibility index (Phi) is 13.0. The van der Waals surface area contributed by atoms with Gasteiger partial charge in [0.05, 0.1) is 23.9 Å². The number of nitrogens with one attached hydrogen (secondary N) is 1. The molecule has 5 rings (SSSR count). The van der Waals surface area contributed by atoms with Crippen LogP contribution in [0.4, 0.5) is 0 Å². The van der Waals surface area contributed by atoms with Gasteiger partial charge in [-0.1, -0.05) is 139 Å². The van der Waals surface area contributed by atoms with Crippen molar-refractivity contribution in [1.82, 2.24) is 10.2 Å². The highest BCUT2D eigenvalue weighted by Gasteiger charge is 2.35. The second kappa shape index (κ2) is 18.0. The van der Waals surface area contributed by atoms with Gasteiger partial charge in [-0.05, 0) is 60.4 Å². The van der Waals surface area contributed by atoms with Crippen LogP contribution in [-0.2, 0) is 21.0 Å². The van der Waals surface area contributed by atoms with Crippen LogP contribution in [0.25, 0.3) is 6.08 Å². The lowest BCUT2D eigenvalue weighted by Crippen LogP contribution is -2.42. The minimum absolute atomic E-state index is 0.0653. The number of methoxy groups -OCH3 is 1. The molecule has 0 aromatic heterocycles. The zero-order valence-corrected chi connectivity index (χ0v) is 30.6. The highest BCUT2D eigenvalue weighted by molar-refractivity contribution is 8.14. The summed E-state index contributed by atoms with van der Waals surface area (Å²) >= 11 is 7.64. The molecule has 1 aliphatic heterocycles. The molecule has 0 atom stereocenters. The number of amidine groups is 1. The van der Waals surface area contributed by atoms with Crippen LogP contribution in [0.3, 0.4) is 0 Å². The Hall–Kier alpha value is -5.64. The molecule has 0 bridgehead atoms. The average molecular weight is 732 g/mol. The first-order valence-electron chi connectivity index (χ1n) is 16.4. The number of hydrogen-bond donors (Lipinski definition) is 1. The number of rotatable bonds is 13. The van der Waals surface area contributed by atoms with E-state index in [9.17, 15) is 14.4 Å². The van der Waals surface area contributed by atoms with E-state index in [4.69, 9.17) is 21.1 Å². The Morgan fingerprint density at radius 1 is 1.00 bits per heavy atom. The van der Waals surface area contributed by atoms with Crippen LogP contribution in [-0.4, -0.2) is 40.7 Å². The Balaban J connectivity index is 1.41. The van der Waals surface area contributed by atoms with Crippen LogP contribution in [0.1, 0.15) is 40.8 Å². The number of allylic oxidation sites excluding steroid dienone is 4. The lowest BCUT2D eigenvalue weighted by atomic mass is 9.99. The maximum atomic E-state index is 14.1. The van der Waals surface area contributed by atoms with E-state index in [1.165, 1.54) is 18.1 Å². The van der Waals surface area contributed by atoms with Crippen LogP contribution in [0.2, 0.25) is 5.02 Å². The van der Waals surface area contributed by atoms with Gasteiger partial charge in [-0.15, -0.1) is 0 Å². The van der Waals surface area contributed by atoms with Crippen molar-refractivity contribution in [2.45, 2.75) is 26.5 Å². The minimum atomic E-state index is -0.756. The number of ether oxygens (including phenoxy) is 2. The lowest BCUT2D eigenvalue weighted by Gasteiger charge is -2.28. The predicted molar refractivity (Wildman–Crippen MR) is 209 cm³/mol. The van der Waals surface area contributed by atoms with Crippen molar-refractivity contribution in [3.63, 3.8) is 0 Å². The van der Waals surface area contributed by atoms with Gasteiger partial charge < -0.3 is 14.8 Å². The van der Waals surface area contributed by atoms with Gasteiger partial charge in [-0.25, -0.2) is 0 Å². The fraction of sp³-hybridized carbons (Fsp3) is 0.143. The van der Waals surface area contributed by atoms with Gasteiger partial charge in [0.2, 0.25) is 5.91 Å². The summed E-state index contributed by atoms with van der Waals surface area (Å²) in [5.41, 5.74) is 4.60. The summed E-state index contributed by atoms with van der Waals surface area (Å²) in [6.07, 6.45) is 8.04. The van der Waals surface area contributed by atoms with Gasteiger partial charge >= 0.3 is 0 Å². The molecule has 0 saturated heterocycles. The highest BCUT2D eigenvalue weighted by atomic mass is 35.5. The Bertz CT molecular complexity index is 2020. The summed E-state index contributed by atoms with van der Waals surface area (Å²) in [6.45, 7) is 7.76. The lowest BCUT2D eigenvalue weighted by molar-refractivity contribution is -0.126. The molecular weight excluding hydrogens is 694 g/mol. The van der Waals surface area contributed by atoms with E-state index in [-0.39, 0.29) is 34.0 Å². The number of amides is 3. The molecule has 0 radical (unpaired) electrons. The summed E-state index contributed by atoms with van der Waals surface area (Å²) in [5.74, 6) is -1.12. The van der Waals surface area contributed by atoms with E-state index in [1.54, 1.807) is 43.4 Å². The van der Waals surface area contributed by atoms with Crippen LogP contribution >= 0.6 is 23.4 Å². The van der Waals surface area contributed by atoms with Gasteiger partial charge in [0.25, 0.3) is 11.8 Å². The van der Waals surface area contributed by atoms with E-state index in [0.29, 0.717) is 22.8 Å². The standard InChI is InChI=1S/C42H38ClN3O5S/c1-5-7-18-33(6-2)46-41(49)34(23-30-24-35(43)39(36(25-30)50-4)51-26-29-21-19-28(3)20-22-29)40(48)45-42(46)52-27-37(47)44-38(31-14-10-8-11-15-31)32-16-12-9-13-17-32/h5-25,38H,1,26-27H2,2-4H3,(H,44,47)/b18-7-,33-6+,34-23+. The number of aryl methyl sites for hydroxylation is 1. The molecule has 1 heterocycles. The van der Waals surface area contributed by atoms with Gasteiger partial charge in [-0.2, -0.15) is 4.99 Å². The maximum Gasteiger partial charge on any atom is 0.285 e. The summed E-state index contributed by atoms with van der Waals surface area (Å²) in [7, 11) is 1.48. The predicted octanol–water partition coefficient (Wildman–Crippen LogP) is 8.63. The first-order valence-corrected chi connectivity index (χ1v) is 17.8. The summed E-state index contributed by atoms with van der Waals surface area (Å²) in [6, 6.07) is 30.0. The second-order valence-corrected chi connectivity index (χ2v) is 13.0. The minimum Gasteiger partial charge on any atom is -0.493 e. The number of nitrogens with zero attached hydrogens (tertiary/aromatic N) is 2. The number of benzene rings is 4. The second-order valence-electron chi connectivity index (χ2n) is 11.6. The molecule has 1 N–H and O–H groups in total. The van der Waals surface area contributed by atoms with Gasteiger partial charge in [-0.3, -0.25) is 19.3 Å². The van der Waals surface area contributed by atoms with Gasteiger partial charge in [0, 0.05) is 5.70 Å². The summed E-state index contributed by atoms with van der Waals surface area (Å²) in [5, 5.41) is 3.40. The van der Waals surface area contributed by atoms with Crippen molar-refractivity contribution in [2.75, 3.05) is 12.9 Å². The SMILES string of the molecule is C=C/C=C\C(=C/C)N1C(=O)/C(=C/c2cc(Cl)c(OCc3ccc(C)cc3)c(OC)c2)C(=O)N=C1SCC(=O)NC(c1ccccc1)c1ccccc1. The van der Waals surface area contributed by atoms with E-state index < -0.39 is 17.9 Å². The van der Waals surface area contributed by atoms with Crippen molar-refractivity contribution in [2.24, 2.45) is 4.99 Å². The molecule has 264 valence electrons. The van der Waals surface area contributed by atoms with E-state index >= 15 is 0 Å². The highest BCUT2D eigenvalue weighted by Crippen LogP contribution is 2.38. The van der Waals surface area contributed by atoms with Crippen LogP contribution in [0.5, 0.6) is 11.5 Å².